The van der Waals surface area contributed by atoms with Crippen molar-refractivity contribution in [1.82, 2.24) is 0 Å². The van der Waals surface area contributed by atoms with Gasteiger partial charge in [0.05, 0.1) is 0 Å². The van der Waals surface area contributed by atoms with Crippen LogP contribution in [0.5, 0.6) is 0 Å². The summed E-state index contributed by atoms with van der Waals surface area (Å²) in [7, 11) is -11.7. The minimum atomic E-state index is -11.7. The van der Waals surface area contributed by atoms with Crippen molar-refractivity contribution in [2.75, 3.05) is 6.61 Å². The van der Waals surface area contributed by atoms with Gasteiger partial charge in [0.2, 0.25) is 0 Å². The van der Waals surface area contributed by atoms with Crippen molar-refractivity contribution in [3.05, 3.63) is 0 Å². The maximum atomic E-state index is 12.1. The molecule has 15 heavy (non-hydrogen) atoms. The highest BCUT2D eigenvalue weighted by Gasteiger charge is 2.90. The highest BCUT2D eigenvalue weighted by atomic mass is 32.5. The van der Waals surface area contributed by atoms with Crippen LogP contribution in [0.3, 0.4) is 0 Å². The van der Waals surface area contributed by atoms with Gasteiger partial charge in [0.1, 0.15) is 0 Å². The van der Waals surface area contributed by atoms with Gasteiger partial charge in [-0.05, 0) is 0 Å². The predicted octanol–water partition coefficient (Wildman–Crippen LogP) is 3.90. The standard InChI is InChI=1S/C4H5F9OS/c5-3(6,1-2-14)4(7,8)15(9,10,11,12)13/h14H,1-2H2. The Morgan fingerprint density at radius 1 is 0.867 bits per heavy atom. The second kappa shape index (κ2) is 2.67. The Kier molecular flexibility index (Phi) is 2.62. The van der Waals surface area contributed by atoms with Gasteiger partial charge in [0.25, 0.3) is 0 Å². The largest absolute Gasteiger partial charge is 0.443 e. The van der Waals surface area contributed by atoms with E-state index in [0.29, 0.717) is 0 Å². The van der Waals surface area contributed by atoms with E-state index < -0.39 is 34.4 Å². The second-order valence-corrected chi connectivity index (χ2v) is 5.11. The maximum Gasteiger partial charge on any atom is 0.443 e. The average molecular weight is 272 g/mol. The molecular weight excluding hydrogens is 267 g/mol. The first-order valence-electron chi connectivity index (χ1n) is 3.15. The predicted molar refractivity (Wildman–Crippen MR) is 34.7 cm³/mol. The van der Waals surface area contributed by atoms with Crippen LogP contribution >= 0.6 is 10.2 Å². The molecule has 0 saturated heterocycles. The molecule has 0 heterocycles. The summed E-state index contributed by atoms with van der Waals surface area (Å²) in [5.41, 5.74) is 0. The van der Waals surface area contributed by atoms with Gasteiger partial charge in [0, 0.05) is 13.0 Å². The molecule has 0 aliphatic carbocycles. The normalized spacial score (nSPS) is 19.6. The van der Waals surface area contributed by atoms with E-state index in [-0.39, 0.29) is 0 Å². The molecule has 0 rings (SSSR count). The number of aliphatic hydroxyl groups is 1. The number of hydrogen-bond donors (Lipinski definition) is 1. The fourth-order valence-corrected chi connectivity index (χ4v) is 1.23. The lowest BCUT2D eigenvalue weighted by Crippen LogP contribution is -2.49. The van der Waals surface area contributed by atoms with Crippen molar-refractivity contribution < 1.29 is 42.1 Å². The van der Waals surface area contributed by atoms with Crippen LogP contribution in [0.2, 0.25) is 0 Å². The third-order valence-corrected chi connectivity index (χ3v) is 2.60. The van der Waals surface area contributed by atoms with Crippen LogP contribution in [0.25, 0.3) is 0 Å². The van der Waals surface area contributed by atoms with E-state index in [2.05, 4.69) is 0 Å². The van der Waals surface area contributed by atoms with E-state index in [1.165, 1.54) is 0 Å². The van der Waals surface area contributed by atoms with Crippen LogP contribution in [0.15, 0.2) is 0 Å². The van der Waals surface area contributed by atoms with Gasteiger partial charge < -0.3 is 5.11 Å². The van der Waals surface area contributed by atoms with Crippen molar-refractivity contribution in [3.8, 4) is 0 Å². The molecule has 0 aromatic carbocycles. The van der Waals surface area contributed by atoms with Gasteiger partial charge in [0.15, 0.2) is 0 Å². The summed E-state index contributed by atoms with van der Waals surface area (Å²) >= 11 is 0. The molecule has 0 amide bonds. The van der Waals surface area contributed by atoms with Crippen LogP contribution in [0.1, 0.15) is 6.42 Å². The van der Waals surface area contributed by atoms with E-state index in [1.807, 2.05) is 0 Å². The molecule has 0 aliphatic heterocycles. The van der Waals surface area contributed by atoms with Gasteiger partial charge in [-0.25, -0.2) is 0 Å². The summed E-state index contributed by atoms with van der Waals surface area (Å²) in [5, 5.41) is 0.338. The van der Waals surface area contributed by atoms with Gasteiger partial charge in [-0.2, -0.15) is 17.6 Å². The van der Waals surface area contributed by atoms with Crippen LogP contribution in [-0.2, 0) is 0 Å². The molecule has 96 valence electrons. The first-order chi connectivity index (χ1) is 6.06. The number of alkyl halides is 4. The lowest BCUT2D eigenvalue weighted by molar-refractivity contribution is -0.181. The molecule has 0 saturated carbocycles. The third-order valence-electron chi connectivity index (χ3n) is 1.34. The summed E-state index contributed by atoms with van der Waals surface area (Å²) in [4.78, 5) is 0. The molecule has 0 unspecified atom stereocenters. The van der Waals surface area contributed by atoms with Gasteiger partial charge >= 0.3 is 21.4 Å². The first-order valence-corrected chi connectivity index (χ1v) is 5.10. The lowest BCUT2D eigenvalue weighted by atomic mass is 10.2. The fraction of sp³-hybridized carbons (Fsp3) is 1.00. The zero-order valence-electron chi connectivity index (χ0n) is 6.67. The SMILES string of the molecule is OCCC(F)(F)C(F)(F)S(F)(F)(F)(F)F. The Morgan fingerprint density at radius 2 is 1.20 bits per heavy atom. The Labute approximate surface area is 77.6 Å². The molecule has 0 aromatic heterocycles. The van der Waals surface area contributed by atoms with Crippen molar-refractivity contribution in [3.63, 3.8) is 0 Å². The molecule has 0 atom stereocenters. The van der Waals surface area contributed by atoms with Gasteiger partial charge in [-0.15, -0.1) is 0 Å². The Balaban J connectivity index is 5.54. The molecule has 0 aromatic rings. The molecule has 1 N–H and O–H groups in total. The number of rotatable bonds is 4. The Hall–Kier alpha value is -0.320. The number of hydrogen-bond acceptors (Lipinski definition) is 1. The van der Waals surface area contributed by atoms with Gasteiger partial charge in [-0.1, -0.05) is 19.4 Å². The molecule has 0 spiro atoms. The van der Waals surface area contributed by atoms with Crippen molar-refractivity contribution in [2.24, 2.45) is 0 Å². The summed E-state index contributed by atoms with van der Waals surface area (Å²) in [6.45, 7) is -1.78. The summed E-state index contributed by atoms with van der Waals surface area (Å²) in [6.07, 6.45) is -2.41. The van der Waals surface area contributed by atoms with Crippen LogP contribution in [0, 0.1) is 0 Å². The molecule has 0 aliphatic rings. The maximum absolute atomic E-state index is 12.1. The van der Waals surface area contributed by atoms with E-state index in [9.17, 15) is 37.0 Å². The van der Waals surface area contributed by atoms with Crippen molar-refractivity contribution in [2.45, 2.75) is 17.6 Å². The molecule has 0 bridgehead atoms. The molecule has 0 radical (unpaired) electrons. The fourth-order valence-electron chi connectivity index (χ4n) is 0.568. The minimum Gasteiger partial charge on any atom is -0.396 e. The summed E-state index contributed by atoms with van der Waals surface area (Å²) < 4.78 is 106. The summed E-state index contributed by atoms with van der Waals surface area (Å²) in [6, 6.07) is 0. The van der Waals surface area contributed by atoms with Crippen molar-refractivity contribution in [1.29, 1.82) is 0 Å². The third kappa shape index (κ3) is 2.44. The molecule has 11 heteroatoms. The molecule has 0 fully saturated rings. The van der Waals surface area contributed by atoms with E-state index in [0.717, 1.165) is 0 Å². The van der Waals surface area contributed by atoms with E-state index in [4.69, 9.17) is 5.11 Å². The topological polar surface area (TPSA) is 20.2 Å². The highest BCUT2D eigenvalue weighted by Crippen LogP contribution is 3.05. The quantitative estimate of drug-likeness (QED) is 0.769. The van der Waals surface area contributed by atoms with E-state index >= 15 is 0 Å². The first kappa shape index (κ1) is 14.7. The molecular formula is C4H5F9OS. The van der Waals surface area contributed by atoms with Crippen molar-refractivity contribution >= 4 is 10.2 Å². The summed E-state index contributed by atoms with van der Waals surface area (Å²) in [5.74, 6) is -6.05. The Bertz CT molecular complexity index is 251. The zero-order valence-corrected chi connectivity index (χ0v) is 7.49. The van der Waals surface area contributed by atoms with Crippen LogP contribution in [0.4, 0.5) is 37.0 Å². The smallest absolute Gasteiger partial charge is 0.396 e. The Morgan fingerprint density at radius 3 is 1.40 bits per heavy atom. The molecule has 1 nitrogen and oxygen atoms in total. The second-order valence-electron chi connectivity index (χ2n) is 2.66. The van der Waals surface area contributed by atoms with Crippen LogP contribution < -0.4 is 0 Å². The lowest BCUT2D eigenvalue weighted by Gasteiger charge is -2.48. The average Bonchev–Trinajstić information content (AvgIpc) is 1.80. The van der Waals surface area contributed by atoms with Gasteiger partial charge in [-0.3, -0.25) is 0 Å². The minimum absolute atomic E-state index is 1.78. The number of halogens is 9. The van der Waals surface area contributed by atoms with E-state index in [1.54, 1.807) is 0 Å². The highest BCUT2D eigenvalue weighted by molar-refractivity contribution is 8.46. The monoisotopic (exact) mass is 272 g/mol. The van der Waals surface area contributed by atoms with Crippen LogP contribution in [-0.4, -0.2) is 22.9 Å². The number of aliphatic hydroxyl groups excluding tert-OH is 1. The zero-order chi connectivity index (χ0) is 12.8.